The van der Waals surface area contributed by atoms with Crippen molar-refractivity contribution < 1.29 is 4.79 Å². The zero-order valence-electron chi connectivity index (χ0n) is 16.8. The lowest BCUT2D eigenvalue weighted by Crippen LogP contribution is -2.52. The third-order valence-electron chi connectivity index (χ3n) is 6.27. The Morgan fingerprint density at radius 1 is 1.33 bits per heavy atom. The minimum Gasteiger partial charge on any atom is -0.355 e. The van der Waals surface area contributed by atoms with E-state index in [0.717, 1.165) is 12.1 Å². The molecule has 3 rings (SSSR count). The number of amides is 1. The number of fused-ring (bicyclic) bond motifs is 1. The minimum atomic E-state index is -0.0289. The van der Waals surface area contributed by atoms with Gasteiger partial charge in [-0.25, -0.2) is 0 Å². The molecule has 0 bridgehead atoms. The molecule has 0 saturated heterocycles. The van der Waals surface area contributed by atoms with E-state index in [-0.39, 0.29) is 11.4 Å². The SMILES string of the molecule is C=CC(C)(C)N(C)C1CCCCC1CNC(=O)Cc1cccc2sccc12. The van der Waals surface area contributed by atoms with Crippen LogP contribution < -0.4 is 5.32 Å². The summed E-state index contributed by atoms with van der Waals surface area (Å²) in [5.74, 6) is 0.632. The van der Waals surface area contributed by atoms with Crippen LogP contribution in [-0.2, 0) is 11.2 Å². The van der Waals surface area contributed by atoms with Gasteiger partial charge in [-0.05, 0) is 68.1 Å². The molecular formula is C23H32N2OS. The summed E-state index contributed by atoms with van der Waals surface area (Å²) in [5, 5.41) is 6.53. The van der Waals surface area contributed by atoms with Gasteiger partial charge in [-0.1, -0.05) is 31.1 Å². The summed E-state index contributed by atoms with van der Waals surface area (Å²) in [5.41, 5.74) is 1.09. The molecule has 2 unspecified atom stereocenters. The summed E-state index contributed by atoms with van der Waals surface area (Å²) in [6.07, 6.45) is 7.39. The van der Waals surface area contributed by atoms with Gasteiger partial charge >= 0.3 is 0 Å². The number of carbonyl (C=O) groups excluding carboxylic acids is 1. The number of benzene rings is 1. The number of carbonyl (C=O) groups is 1. The molecule has 1 heterocycles. The van der Waals surface area contributed by atoms with Crippen molar-refractivity contribution in [1.29, 1.82) is 0 Å². The van der Waals surface area contributed by atoms with E-state index in [9.17, 15) is 4.79 Å². The van der Waals surface area contributed by atoms with E-state index in [1.54, 1.807) is 11.3 Å². The lowest BCUT2D eigenvalue weighted by atomic mass is 9.81. The van der Waals surface area contributed by atoms with Crippen molar-refractivity contribution in [2.24, 2.45) is 5.92 Å². The van der Waals surface area contributed by atoms with Gasteiger partial charge in [0.25, 0.3) is 0 Å². The summed E-state index contributed by atoms with van der Waals surface area (Å²) in [4.78, 5) is 15.1. The quantitative estimate of drug-likeness (QED) is 0.680. The van der Waals surface area contributed by atoms with E-state index >= 15 is 0 Å². The van der Waals surface area contributed by atoms with Gasteiger partial charge in [-0.3, -0.25) is 9.69 Å². The van der Waals surface area contributed by atoms with E-state index in [1.807, 2.05) is 12.1 Å². The van der Waals surface area contributed by atoms with E-state index in [2.05, 4.69) is 61.3 Å². The zero-order chi connectivity index (χ0) is 19.4. The summed E-state index contributed by atoms with van der Waals surface area (Å²) in [7, 11) is 2.20. The lowest BCUT2D eigenvalue weighted by Gasteiger charge is -2.45. The van der Waals surface area contributed by atoms with Crippen LogP contribution in [0, 0.1) is 5.92 Å². The molecule has 1 aromatic carbocycles. The number of hydrogen-bond acceptors (Lipinski definition) is 3. The van der Waals surface area contributed by atoms with Gasteiger partial charge in [0.2, 0.25) is 5.91 Å². The molecule has 3 nitrogen and oxygen atoms in total. The second-order valence-corrected chi connectivity index (χ2v) is 9.26. The highest BCUT2D eigenvalue weighted by atomic mass is 32.1. The van der Waals surface area contributed by atoms with Crippen LogP contribution >= 0.6 is 11.3 Å². The Bertz CT molecular complexity index is 795. The fourth-order valence-corrected chi connectivity index (χ4v) is 5.03. The Morgan fingerprint density at radius 3 is 2.89 bits per heavy atom. The van der Waals surface area contributed by atoms with Crippen molar-refractivity contribution in [2.45, 2.75) is 57.5 Å². The van der Waals surface area contributed by atoms with E-state index in [1.165, 1.54) is 35.8 Å². The number of nitrogens with zero attached hydrogens (tertiary/aromatic N) is 1. The first-order valence-electron chi connectivity index (χ1n) is 10.0. The summed E-state index contributed by atoms with van der Waals surface area (Å²) >= 11 is 1.73. The van der Waals surface area contributed by atoms with E-state index in [0.29, 0.717) is 18.4 Å². The Balaban J connectivity index is 1.61. The van der Waals surface area contributed by atoms with Gasteiger partial charge in [0.1, 0.15) is 0 Å². The molecule has 0 radical (unpaired) electrons. The molecule has 1 fully saturated rings. The molecule has 2 aromatic rings. The molecule has 0 spiro atoms. The molecule has 146 valence electrons. The average Bonchev–Trinajstić information content (AvgIpc) is 3.16. The van der Waals surface area contributed by atoms with Crippen molar-refractivity contribution >= 4 is 27.3 Å². The van der Waals surface area contributed by atoms with Gasteiger partial charge < -0.3 is 5.32 Å². The maximum Gasteiger partial charge on any atom is 0.224 e. The Labute approximate surface area is 167 Å². The van der Waals surface area contributed by atoms with Crippen LogP contribution in [0.1, 0.15) is 45.1 Å². The van der Waals surface area contributed by atoms with Gasteiger partial charge in [-0.15, -0.1) is 17.9 Å². The van der Waals surface area contributed by atoms with Crippen LogP contribution in [-0.4, -0.2) is 36.0 Å². The number of rotatable bonds is 7. The van der Waals surface area contributed by atoms with Crippen molar-refractivity contribution in [1.82, 2.24) is 10.2 Å². The smallest absolute Gasteiger partial charge is 0.224 e. The van der Waals surface area contributed by atoms with Crippen molar-refractivity contribution in [3.05, 3.63) is 47.9 Å². The van der Waals surface area contributed by atoms with Crippen LogP contribution in [0.2, 0.25) is 0 Å². The number of nitrogens with one attached hydrogen (secondary N) is 1. The molecule has 2 atom stereocenters. The predicted molar refractivity (Wildman–Crippen MR) is 116 cm³/mol. The summed E-state index contributed by atoms with van der Waals surface area (Å²) in [6, 6.07) is 8.84. The Morgan fingerprint density at radius 2 is 2.11 bits per heavy atom. The van der Waals surface area contributed by atoms with Crippen LogP contribution in [0.4, 0.5) is 0 Å². The van der Waals surface area contributed by atoms with Gasteiger partial charge in [-0.2, -0.15) is 0 Å². The first-order valence-corrected chi connectivity index (χ1v) is 10.9. The highest BCUT2D eigenvalue weighted by Crippen LogP contribution is 2.31. The van der Waals surface area contributed by atoms with Gasteiger partial charge in [0.05, 0.1) is 6.42 Å². The van der Waals surface area contributed by atoms with Crippen LogP contribution in [0.25, 0.3) is 10.1 Å². The lowest BCUT2D eigenvalue weighted by molar-refractivity contribution is -0.120. The van der Waals surface area contributed by atoms with Crippen LogP contribution in [0.15, 0.2) is 42.3 Å². The fourth-order valence-electron chi connectivity index (χ4n) is 4.20. The molecule has 1 N–H and O–H groups in total. The van der Waals surface area contributed by atoms with Crippen LogP contribution in [0.3, 0.4) is 0 Å². The standard InChI is InChI=1S/C23H32N2OS/c1-5-23(2,3)25(4)20-11-7-6-9-18(20)16-24-22(26)15-17-10-8-12-21-19(17)13-14-27-21/h5,8,10,12-14,18,20H,1,6-7,9,11,15-16H2,2-4H3,(H,24,26). The van der Waals surface area contributed by atoms with Crippen molar-refractivity contribution in [3.8, 4) is 0 Å². The van der Waals surface area contributed by atoms with E-state index in [4.69, 9.17) is 0 Å². The fraction of sp³-hybridized carbons (Fsp3) is 0.522. The summed E-state index contributed by atoms with van der Waals surface area (Å²) in [6.45, 7) is 9.20. The number of likely N-dealkylation sites (N-methyl/N-ethyl adjacent to an activating group) is 1. The molecular weight excluding hydrogens is 352 g/mol. The zero-order valence-corrected chi connectivity index (χ0v) is 17.6. The second kappa shape index (κ2) is 8.57. The molecule has 1 aliphatic rings. The van der Waals surface area contributed by atoms with Crippen molar-refractivity contribution in [2.75, 3.05) is 13.6 Å². The topological polar surface area (TPSA) is 32.3 Å². The van der Waals surface area contributed by atoms with Gasteiger partial charge in [0.15, 0.2) is 0 Å². The maximum atomic E-state index is 12.6. The monoisotopic (exact) mass is 384 g/mol. The summed E-state index contributed by atoms with van der Waals surface area (Å²) < 4.78 is 1.25. The molecule has 0 aliphatic heterocycles. The normalized spacial score (nSPS) is 20.7. The molecule has 1 aliphatic carbocycles. The highest BCUT2D eigenvalue weighted by Gasteiger charge is 2.34. The Kier molecular flexibility index (Phi) is 6.38. The third-order valence-corrected chi connectivity index (χ3v) is 7.16. The van der Waals surface area contributed by atoms with Crippen molar-refractivity contribution in [3.63, 3.8) is 0 Å². The maximum absolute atomic E-state index is 12.6. The number of hydrogen-bond donors (Lipinski definition) is 1. The van der Waals surface area contributed by atoms with E-state index < -0.39 is 0 Å². The predicted octanol–water partition coefficient (Wildman–Crippen LogP) is 5.02. The first-order chi connectivity index (χ1) is 12.9. The number of thiophene rings is 1. The Hall–Kier alpha value is -1.65. The minimum absolute atomic E-state index is 0.0289. The third kappa shape index (κ3) is 4.61. The van der Waals surface area contributed by atoms with Gasteiger partial charge in [0, 0.05) is 22.8 Å². The molecule has 1 amide bonds. The highest BCUT2D eigenvalue weighted by molar-refractivity contribution is 7.17. The van der Waals surface area contributed by atoms with Crippen LogP contribution in [0.5, 0.6) is 0 Å². The molecule has 1 saturated carbocycles. The molecule has 1 aromatic heterocycles. The second-order valence-electron chi connectivity index (χ2n) is 8.31. The largest absolute Gasteiger partial charge is 0.355 e. The molecule has 4 heteroatoms. The molecule has 27 heavy (non-hydrogen) atoms. The average molecular weight is 385 g/mol. The first kappa shape index (κ1) is 20.1.